The molecule has 0 unspecified atom stereocenters. The van der Waals surface area contributed by atoms with E-state index in [1.807, 2.05) is 51.1 Å². The fourth-order valence-electron chi connectivity index (χ4n) is 4.20. The maximum Gasteiger partial charge on any atom is 0.410 e. The average molecular weight is 511 g/mol. The maximum atomic E-state index is 13.8. The summed E-state index contributed by atoms with van der Waals surface area (Å²) >= 11 is 3.64. The van der Waals surface area contributed by atoms with E-state index in [1.165, 1.54) is 23.3 Å². The molecule has 3 aromatic rings. The van der Waals surface area contributed by atoms with E-state index in [9.17, 15) is 9.59 Å². The van der Waals surface area contributed by atoms with Gasteiger partial charge in [0.05, 0.1) is 12.2 Å². The molecule has 0 radical (unpaired) electrons. The first-order valence-electron chi connectivity index (χ1n) is 11.5. The number of ether oxygens (including phenoxy) is 1. The molecular weight excluding hydrogens is 480 g/mol. The molecular formula is C27H31BrN2O3. The van der Waals surface area contributed by atoms with Gasteiger partial charge in [0.1, 0.15) is 5.60 Å². The van der Waals surface area contributed by atoms with Crippen LogP contribution >= 0.6 is 15.9 Å². The predicted molar refractivity (Wildman–Crippen MR) is 136 cm³/mol. The molecule has 0 aliphatic heterocycles. The van der Waals surface area contributed by atoms with Crippen molar-refractivity contribution in [3.05, 3.63) is 74.1 Å². The number of benzene rings is 2. The molecule has 1 aliphatic rings. The summed E-state index contributed by atoms with van der Waals surface area (Å²) in [7, 11) is 1.70. The second-order valence-corrected chi connectivity index (χ2v) is 10.7. The number of fused-ring (bicyclic) bond motifs is 1. The monoisotopic (exact) mass is 510 g/mol. The van der Waals surface area contributed by atoms with Crippen LogP contribution in [0.15, 0.2) is 51.7 Å². The van der Waals surface area contributed by atoms with Crippen LogP contribution in [0.2, 0.25) is 0 Å². The van der Waals surface area contributed by atoms with Crippen molar-refractivity contribution in [2.75, 3.05) is 7.05 Å². The van der Waals surface area contributed by atoms with E-state index in [0.29, 0.717) is 11.3 Å². The van der Waals surface area contributed by atoms with Gasteiger partial charge in [0, 0.05) is 22.6 Å². The first-order chi connectivity index (χ1) is 15.6. The van der Waals surface area contributed by atoms with Crippen molar-refractivity contribution in [2.45, 2.75) is 65.0 Å². The number of rotatable bonds is 5. The molecule has 2 aromatic carbocycles. The molecule has 1 amide bonds. The highest BCUT2D eigenvalue weighted by atomic mass is 79.9. The largest absolute Gasteiger partial charge is 0.444 e. The van der Waals surface area contributed by atoms with Crippen molar-refractivity contribution in [3.8, 4) is 5.69 Å². The minimum Gasteiger partial charge on any atom is -0.444 e. The number of halogens is 1. The second-order valence-electron chi connectivity index (χ2n) is 9.82. The first kappa shape index (κ1) is 23.6. The molecule has 1 fully saturated rings. The Kier molecular flexibility index (Phi) is 6.41. The van der Waals surface area contributed by atoms with Crippen LogP contribution in [0, 0.1) is 0 Å². The van der Waals surface area contributed by atoms with Gasteiger partial charge in [0.2, 0.25) is 0 Å². The molecule has 0 bridgehead atoms. The van der Waals surface area contributed by atoms with Crippen LogP contribution in [-0.2, 0) is 17.7 Å². The van der Waals surface area contributed by atoms with Gasteiger partial charge in [0.25, 0.3) is 5.56 Å². The van der Waals surface area contributed by atoms with Crippen LogP contribution in [0.5, 0.6) is 0 Å². The Balaban J connectivity index is 1.88. The summed E-state index contributed by atoms with van der Waals surface area (Å²) in [5.41, 5.74) is 3.25. The Hall–Kier alpha value is -2.60. The number of carbonyl (C=O) groups is 1. The van der Waals surface area contributed by atoms with Gasteiger partial charge in [-0.1, -0.05) is 41.1 Å². The third-order valence-electron chi connectivity index (χ3n) is 5.96. The standard InChI is InChI=1S/C27H31BrN2O3/c1-6-21-23(28)8-7-9-24(21)30-20(16-29(5)26(32)33-27(2,3)4)15-19-14-18(17-10-11-17)12-13-22(19)25(30)31/h7-9,12-15,17H,6,10-11,16H2,1-5H3. The van der Waals surface area contributed by atoms with Crippen LogP contribution in [0.25, 0.3) is 16.5 Å². The second kappa shape index (κ2) is 8.98. The lowest BCUT2D eigenvalue weighted by Crippen LogP contribution is -2.35. The van der Waals surface area contributed by atoms with Gasteiger partial charge < -0.3 is 9.64 Å². The fraction of sp³-hybridized carbons (Fsp3) is 0.407. The molecule has 0 saturated heterocycles. The lowest BCUT2D eigenvalue weighted by molar-refractivity contribution is 0.0282. The number of carbonyl (C=O) groups excluding carboxylic acids is 1. The quantitative estimate of drug-likeness (QED) is 0.390. The zero-order valence-electron chi connectivity index (χ0n) is 19.9. The van der Waals surface area contributed by atoms with E-state index >= 15 is 0 Å². The van der Waals surface area contributed by atoms with Crippen LogP contribution in [0.1, 0.15) is 63.3 Å². The molecule has 0 atom stereocenters. The highest BCUT2D eigenvalue weighted by Gasteiger charge is 2.25. The Bertz CT molecular complexity index is 1270. The average Bonchev–Trinajstić information content (AvgIpc) is 3.57. The maximum absolute atomic E-state index is 13.8. The normalized spacial score (nSPS) is 13.9. The van der Waals surface area contributed by atoms with Gasteiger partial charge >= 0.3 is 6.09 Å². The highest BCUT2D eigenvalue weighted by molar-refractivity contribution is 9.10. The van der Waals surface area contributed by atoms with Gasteiger partial charge in [-0.05, 0) is 86.7 Å². The number of hydrogen-bond acceptors (Lipinski definition) is 3. The molecule has 33 heavy (non-hydrogen) atoms. The Morgan fingerprint density at radius 3 is 2.55 bits per heavy atom. The molecule has 6 heteroatoms. The van der Waals surface area contributed by atoms with Crippen LogP contribution in [0.3, 0.4) is 0 Å². The summed E-state index contributed by atoms with van der Waals surface area (Å²) in [6.07, 6.45) is 2.75. The number of nitrogens with zero attached hydrogens (tertiary/aromatic N) is 2. The molecule has 0 spiro atoms. The van der Waals surface area contributed by atoms with E-state index in [4.69, 9.17) is 4.74 Å². The first-order valence-corrected chi connectivity index (χ1v) is 12.3. The van der Waals surface area contributed by atoms with Gasteiger partial charge in [-0.2, -0.15) is 0 Å². The molecule has 1 heterocycles. The summed E-state index contributed by atoms with van der Waals surface area (Å²) in [5.74, 6) is 0.599. The van der Waals surface area contributed by atoms with E-state index < -0.39 is 11.7 Å². The van der Waals surface area contributed by atoms with Crippen LogP contribution in [0.4, 0.5) is 4.79 Å². The molecule has 1 saturated carbocycles. The summed E-state index contributed by atoms with van der Waals surface area (Å²) < 4.78 is 8.27. The number of amides is 1. The van der Waals surface area contributed by atoms with Crippen molar-refractivity contribution in [2.24, 2.45) is 0 Å². The van der Waals surface area contributed by atoms with Crippen molar-refractivity contribution in [1.82, 2.24) is 9.47 Å². The third-order valence-corrected chi connectivity index (χ3v) is 6.70. The number of pyridine rings is 1. The Morgan fingerprint density at radius 2 is 1.91 bits per heavy atom. The van der Waals surface area contributed by atoms with Gasteiger partial charge in [-0.3, -0.25) is 9.36 Å². The highest BCUT2D eigenvalue weighted by Crippen LogP contribution is 2.40. The topological polar surface area (TPSA) is 51.5 Å². The summed E-state index contributed by atoms with van der Waals surface area (Å²) in [6, 6.07) is 14.1. The van der Waals surface area contributed by atoms with Gasteiger partial charge in [0.15, 0.2) is 0 Å². The predicted octanol–water partition coefficient (Wildman–Crippen LogP) is 6.56. The lowest BCUT2D eigenvalue weighted by Gasteiger charge is -2.26. The smallest absolute Gasteiger partial charge is 0.410 e. The van der Waals surface area contributed by atoms with Crippen molar-refractivity contribution in [3.63, 3.8) is 0 Å². The summed E-state index contributed by atoms with van der Waals surface area (Å²) in [6.45, 7) is 7.87. The molecule has 1 aromatic heterocycles. The SMILES string of the molecule is CCc1c(Br)cccc1-n1c(CN(C)C(=O)OC(C)(C)C)cc2cc(C3CC3)ccc2c1=O. The zero-order valence-corrected chi connectivity index (χ0v) is 21.5. The number of aromatic nitrogens is 1. The lowest BCUT2D eigenvalue weighted by atomic mass is 10.0. The minimum atomic E-state index is -0.590. The fourth-order valence-corrected chi connectivity index (χ4v) is 4.83. The Labute approximate surface area is 203 Å². The minimum absolute atomic E-state index is 0.0739. The molecule has 0 N–H and O–H groups in total. The Morgan fingerprint density at radius 1 is 1.18 bits per heavy atom. The number of hydrogen-bond donors (Lipinski definition) is 0. The van der Waals surface area contributed by atoms with E-state index in [1.54, 1.807) is 11.6 Å². The van der Waals surface area contributed by atoms with Gasteiger partial charge in [-0.15, -0.1) is 0 Å². The van der Waals surface area contributed by atoms with Crippen LogP contribution < -0.4 is 5.56 Å². The third kappa shape index (κ3) is 5.01. The van der Waals surface area contributed by atoms with E-state index in [-0.39, 0.29) is 12.1 Å². The van der Waals surface area contributed by atoms with Crippen molar-refractivity contribution >= 4 is 32.8 Å². The van der Waals surface area contributed by atoms with E-state index in [2.05, 4.69) is 35.0 Å². The molecule has 5 nitrogen and oxygen atoms in total. The van der Waals surface area contributed by atoms with Crippen molar-refractivity contribution < 1.29 is 9.53 Å². The molecule has 4 rings (SSSR count). The summed E-state index contributed by atoms with van der Waals surface area (Å²) in [4.78, 5) is 28.0. The van der Waals surface area contributed by atoms with Crippen LogP contribution in [-0.4, -0.2) is 28.2 Å². The van der Waals surface area contributed by atoms with Gasteiger partial charge in [-0.25, -0.2) is 4.79 Å². The summed E-state index contributed by atoms with van der Waals surface area (Å²) in [5, 5.41) is 1.60. The molecule has 174 valence electrons. The zero-order chi connectivity index (χ0) is 23.9. The molecule has 1 aliphatic carbocycles. The van der Waals surface area contributed by atoms with Crippen molar-refractivity contribution in [1.29, 1.82) is 0 Å². The van der Waals surface area contributed by atoms with E-state index in [0.717, 1.165) is 33.2 Å².